The van der Waals surface area contributed by atoms with Crippen LogP contribution in [0, 0.1) is 5.92 Å². The standard InChI is InChI=1S/C16H28N4O2/c1-18(2)8-14-6-16(22-11-14)12-20(4-5-21-13-16)10-15-7-17-19(3)9-15/h7,9,14H,4-6,8,10-13H2,1-3H3/t14-,16-/m0/s1. The minimum Gasteiger partial charge on any atom is -0.377 e. The predicted octanol–water partition coefficient (Wildman–Crippen LogP) is 0.589. The van der Waals surface area contributed by atoms with E-state index in [9.17, 15) is 0 Å². The molecule has 0 saturated carbocycles. The maximum atomic E-state index is 6.23. The fourth-order valence-corrected chi connectivity index (χ4v) is 3.71. The summed E-state index contributed by atoms with van der Waals surface area (Å²) in [5, 5.41) is 4.26. The van der Waals surface area contributed by atoms with Crippen LogP contribution in [-0.2, 0) is 23.1 Å². The molecule has 0 amide bonds. The number of nitrogens with zero attached hydrogens (tertiary/aromatic N) is 4. The number of ether oxygens (including phenoxy) is 2. The largest absolute Gasteiger partial charge is 0.377 e. The van der Waals surface area contributed by atoms with Crippen LogP contribution in [0.3, 0.4) is 0 Å². The molecule has 124 valence electrons. The lowest BCUT2D eigenvalue weighted by atomic mass is 9.94. The van der Waals surface area contributed by atoms with E-state index >= 15 is 0 Å². The van der Waals surface area contributed by atoms with E-state index < -0.39 is 0 Å². The van der Waals surface area contributed by atoms with Crippen LogP contribution >= 0.6 is 0 Å². The topological polar surface area (TPSA) is 42.8 Å². The highest BCUT2D eigenvalue weighted by molar-refractivity contribution is 5.04. The summed E-state index contributed by atoms with van der Waals surface area (Å²) in [6.45, 7) is 6.27. The molecule has 1 spiro atoms. The summed E-state index contributed by atoms with van der Waals surface area (Å²) < 4.78 is 14.0. The molecule has 0 radical (unpaired) electrons. The maximum absolute atomic E-state index is 6.23. The third kappa shape index (κ3) is 3.87. The Balaban J connectivity index is 1.62. The van der Waals surface area contributed by atoms with E-state index in [1.54, 1.807) is 0 Å². The highest BCUT2D eigenvalue weighted by Crippen LogP contribution is 2.33. The van der Waals surface area contributed by atoms with Gasteiger partial charge in [-0.1, -0.05) is 0 Å². The lowest BCUT2D eigenvalue weighted by Crippen LogP contribution is -2.44. The van der Waals surface area contributed by atoms with E-state index in [-0.39, 0.29) is 5.60 Å². The van der Waals surface area contributed by atoms with Crippen LogP contribution in [0.1, 0.15) is 12.0 Å². The van der Waals surface area contributed by atoms with Gasteiger partial charge in [0, 0.05) is 45.0 Å². The van der Waals surface area contributed by atoms with Gasteiger partial charge in [-0.15, -0.1) is 0 Å². The fraction of sp³-hybridized carbons (Fsp3) is 0.812. The monoisotopic (exact) mass is 308 g/mol. The zero-order valence-electron chi connectivity index (χ0n) is 14.0. The van der Waals surface area contributed by atoms with Crippen molar-refractivity contribution in [3.63, 3.8) is 0 Å². The molecule has 0 N–H and O–H groups in total. The van der Waals surface area contributed by atoms with Gasteiger partial charge in [0.15, 0.2) is 0 Å². The third-order valence-electron chi connectivity index (χ3n) is 4.50. The van der Waals surface area contributed by atoms with E-state index in [1.165, 1.54) is 5.56 Å². The Morgan fingerprint density at radius 2 is 2.32 bits per heavy atom. The lowest BCUT2D eigenvalue weighted by Gasteiger charge is -2.31. The number of rotatable bonds is 4. The highest BCUT2D eigenvalue weighted by atomic mass is 16.5. The van der Waals surface area contributed by atoms with E-state index in [1.807, 2.05) is 17.9 Å². The molecule has 2 aliphatic rings. The zero-order valence-corrected chi connectivity index (χ0v) is 14.0. The van der Waals surface area contributed by atoms with Crippen LogP contribution in [0.4, 0.5) is 0 Å². The van der Waals surface area contributed by atoms with Crippen molar-refractivity contribution in [3.05, 3.63) is 18.0 Å². The molecule has 0 bridgehead atoms. The number of hydrogen-bond acceptors (Lipinski definition) is 5. The molecule has 22 heavy (non-hydrogen) atoms. The summed E-state index contributed by atoms with van der Waals surface area (Å²) in [6.07, 6.45) is 5.13. The Labute approximate surface area is 133 Å². The highest BCUT2D eigenvalue weighted by Gasteiger charge is 2.43. The number of hydrogen-bond donors (Lipinski definition) is 0. The minimum atomic E-state index is -0.126. The molecular formula is C16H28N4O2. The molecule has 1 aromatic heterocycles. The fourth-order valence-electron chi connectivity index (χ4n) is 3.71. The summed E-state index contributed by atoms with van der Waals surface area (Å²) in [5.74, 6) is 0.608. The third-order valence-corrected chi connectivity index (χ3v) is 4.50. The van der Waals surface area contributed by atoms with Crippen molar-refractivity contribution in [1.82, 2.24) is 19.6 Å². The summed E-state index contributed by atoms with van der Waals surface area (Å²) in [5.41, 5.74) is 1.13. The van der Waals surface area contributed by atoms with Gasteiger partial charge in [0.25, 0.3) is 0 Å². The summed E-state index contributed by atoms with van der Waals surface area (Å²) in [7, 11) is 6.22. The Hall–Kier alpha value is -0.950. The molecule has 3 rings (SSSR count). The summed E-state index contributed by atoms with van der Waals surface area (Å²) in [4.78, 5) is 4.69. The quantitative estimate of drug-likeness (QED) is 0.814. The molecule has 6 heteroatoms. The molecule has 0 unspecified atom stereocenters. The normalized spacial score (nSPS) is 30.3. The number of aryl methyl sites for hydroxylation is 1. The second-order valence-electron chi connectivity index (χ2n) is 7.11. The molecule has 2 saturated heterocycles. The van der Waals surface area contributed by atoms with Crippen LogP contribution in [0.2, 0.25) is 0 Å². The molecule has 2 aliphatic heterocycles. The Morgan fingerprint density at radius 1 is 1.45 bits per heavy atom. The average Bonchev–Trinajstić information content (AvgIpc) is 2.95. The van der Waals surface area contributed by atoms with Crippen molar-refractivity contribution in [2.24, 2.45) is 13.0 Å². The van der Waals surface area contributed by atoms with Crippen molar-refractivity contribution in [2.45, 2.75) is 18.6 Å². The van der Waals surface area contributed by atoms with Gasteiger partial charge in [0.1, 0.15) is 5.60 Å². The van der Waals surface area contributed by atoms with Crippen molar-refractivity contribution >= 4 is 0 Å². The average molecular weight is 308 g/mol. The van der Waals surface area contributed by atoms with Gasteiger partial charge >= 0.3 is 0 Å². The summed E-state index contributed by atoms with van der Waals surface area (Å²) in [6, 6.07) is 0. The Kier molecular flexibility index (Phi) is 4.82. The first kappa shape index (κ1) is 15.9. The van der Waals surface area contributed by atoms with Gasteiger partial charge in [0.2, 0.25) is 0 Å². The summed E-state index contributed by atoms with van der Waals surface area (Å²) >= 11 is 0. The van der Waals surface area contributed by atoms with E-state index in [0.717, 1.165) is 52.4 Å². The van der Waals surface area contributed by atoms with Gasteiger partial charge in [-0.2, -0.15) is 5.10 Å². The van der Waals surface area contributed by atoms with E-state index in [2.05, 4.69) is 35.2 Å². The van der Waals surface area contributed by atoms with Crippen molar-refractivity contribution in [2.75, 3.05) is 53.6 Å². The van der Waals surface area contributed by atoms with Crippen LogP contribution in [0.5, 0.6) is 0 Å². The van der Waals surface area contributed by atoms with E-state index in [0.29, 0.717) is 5.92 Å². The van der Waals surface area contributed by atoms with Crippen LogP contribution in [0.15, 0.2) is 12.4 Å². The minimum absolute atomic E-state index is 0.126. The predicted molar refractivity (Wildman–Crippen MR) is 84.6 cm³/mol. The first-order chi connectivity index (χ1) is 10.5. The Bertz CT molecular complexity index is 490. The molecule has 0 aromatic carbocycles. The molecule has 3 heterocycles. The van der Waals surface area contributed by atoms with Gasteiger partial charge in [-0.05, 0) is 26.4 Å². The second kappa shape index (κ2) is 6.66. The molecule has 0 aliphatic carbocycles. The van der Waals surface area contributed by atoms with Crippen molar-refractivity contribution in [1.29, 1.82) is 0 Å². The maximum Gasteiger partial charge on any atom is 0.104 e. The molecule has 1 aromatic rings. The molecule has 2 fully saturated rings. The first-order valence-electron chi connectivity index (χ1n) is 8.11. The Morgan fingerprint density at radius 3 is 3.05 bits per heavy atom. The SMILES string of the molecule is CN(C)C[C@H]1CO[C@@]2(COCCN(Cc3cnn(C)c3)C2)C1. The first-order valence-corrected chi connectivity index (χ1v) is 8.11. The van der Waals surface area contributed by atoms with Gasteiger partial charge < -0.3 is 14.4 Å². The zero-order chi connectivity index (χ0) is 15.6. The molecule has 2 atom stereocenters. The van der Waals surface area contributed by atoms with Crippen molar-refractivity contribution in [3.8, 4) is 0 Å². The van der Waals surface area contributed by atoms with Gasteiger partial charge in [0.05, 0.1) is 26.0 Å². The van der Waals surface area contributed by atoms with Gasteiger partial charge in [-0.25, -0.2) is 0 Å². The van der Waals surface area contributed by atoms with Crippen LogP contribution in [-0.4, -0.2) is 78.7 Å². The smallest absolute Gasteiger partial charge is 0.104 e. The van der Waals surface area contributed by atoms with Crippen LogP contribution in [0.25, 0.3) is 0 Å². The van der Waals surface area contributed by atoms with Crippen molar-refractivity contribution < 1.29 is 9.47 Å². The van der Waals surface area contributed by atoms with Gasteiger partial charge in [-0.3, -0.25) is 9.58 Å². The van der Waals surface area contributed by atoms with E-state index in [4.69, 9.17) is 9.47 Å². The van der Waals surface area contributed by atoms with Crippen LogP contribution < -0.4 is 0 Å². The molecule has 6 nitrogen and oxygen atoms in total. The second-order valence-corrected chi connectivity index (χ2v) is 7.11. The number of aromatic nitrogens is 2. The lowest BCUT2D eigenvalue weighted by molar-refractivity contribution is -0.0563. The molecular weight excluding hydrogens is 280 g/mol.